The van der Waals surface area contributed by atoms with Crippen LogP contribution in [-0.4, -0.2) is 37.5 Å². The van der Waals surface area contributed by atoms with Crippen molar-refractivity contribution >= 4 is 46.3 Å². The van der Waals surface area contributed by atoms with Crippen LogP contribution >= 0.6 is 34.7 Å². The highest BCUT2D eigenvalue weighted by molar-refractivity contribution is 7.98. The van der Waals surface area contributed by atoms with Crippen LogP contribution in [-0.2, 0) is 0 Å². The number of carbonyl (C=O) groups is 1. The summed E-state index contributed by atoms with van der Waals surface area (Å²) in [7, 11) is 0. The minimum Gasteiger partial charge on any atom is -0.341 e. The number of aromatic nitrogens is 4. The number of benzene rings is 1. The van der Waals surface area contributed by atoms with Gasteiger partial charge in [0.05, 0.1) is 17.3 Å². The van der Waals surface area contributed by atoms with Crippen molar-refractivity contribution in [1.82, 2.24) is 24.9 Å². The van der Waals surface area contributed by atoms with Gasteiger partial charge in [0.25, 0.3) is 5.91 Å². The van der Waals surface area contributed by atoms with E-state index in [-0.39, 0.29) is 11.9 Å². The molecule has 1 N–H and O–H groups in total. The van der Waals surface area contributed by atoms with E-state index in [0.717, 1.165) is 29.2 Å². The summed E-state index contributed by atoms with van der Waals surface area (Å²) in [5.74, 6) is 1.43. The summed E-state index contributed by atoms with van der Waals surface area (Å²) in [4.78, 5) is 17.9. The Morgan fingerprint density at radius 2 is 2.07 bits per heavy atom. The second-order valence-corrected chi connectivity index (χ2v) is 8.73. The van der Waals surface area contributed by atoms with Crippen LogP contribution in [0.1, 0.15) is 28.0 Å². The SMILES string of the molecule is CSCCC(NC(=O)c1cnc(-c2ccccc2Cl)s1)c1nnc2ccccn12. The maximum Gasteiger partial charge on any atom is 0.263 e. The Morgan fingerprint density at radius 1 is 1.24 bits per heavy atom. The highest BCUT2D eigenvalue weighted by Crippen LogP contribution is 2.31. The minimum atomic E-state index is -0.252. The zero-order chi connectivity index (χ0) is 20.2. The van der Waals surface area contributed by atoms with Crippen molar-refractivity contribution in [2.24, 2.45) is 0 Å². The first-order valence-corrected chi connectivity index (χ1v) is 11.6. The van der Waals surface area contributed by atoms with E-state index in [0.29, 0.717) is 14.9 Å². The smallest absolute Gasteiger partial charge is 0.263 e. The van der Waals surface area contributed by atoms with Crippen LogP contribution in [0.2, 0.25) is 5.02 Å². The molecule has 3 heterocycles. The lowest BCUT2D eigenvalue weighted by Crippen LogP contribution is -2.29. The number of pyridine rings is 1. The van der Waals surface area contributed by atoms with E-state index in [1.54, 1.807) is 18.0 Å². The molecule has 3 aromatic heterocycles. The Kier molecular flexibility index (Phi) is 6.13. The molecule has 0 fully saturated rings. The fourth-order valence-corrected chi connectivity index (χ4v) is 4.58. The van der Waals surface area contributed by atoms with Gasteiger partial charge >= 0.3 is 0 Å². The first-order chi connectivity index (χ1) is 14.2. The molecular weight excluding hydrogens is 426 g/mol. The Bertz CT molecular complexity index is 1140. The van der Waals surface area contributed by atoms with Crippen LogP contribution in [0.25, 0.3) is 16.2 Å². The normalized spacial score (nSPS) is 12.2. The number of rotatable bonds is 7. The molecule has 0 aliphatic carbocycles. The standard InChI is InChI=1S/C20H18ClN5OS2/c1-28-11-9-15(18-25-24-17-8-4-5-10-26(17)18)23-19(27)16-12-22-20(29-16)13-6-2-3-7-14(13)21/h2-8,10,12,15H,9,11H2,1H3,(H,23,27). The van der Waals surface area contributed by atoms with Crippen LogP contribution in [0.15, 0.2) is 54.9 Å². The van der Waals surface area contributed by atoms with Gasteiger partial charge in [-0.1, -0.05) is 35.9 Å². The summed E-state index contributed by atoms with van der Waals surface area (Å²) in [6.07, 6.45) is 6.29. The van der Waals surface area contributed by atoms with Gasteiger partial charge in [0.2, 0.25) is 0 Å². The van der Waals surface area contributed by atoms with Crippen LogP contribution in [0.5, 0.6) is 0 Å². The molecule has 0 spiro atoms. The summed E-state index contributed by atoms with van der Waals surface area (Å²) in [5, 5.41) is 13.0. The quantitative estimate of drug-likeness (QED) is 0.447. The third-order valence-electron chi connectivity index (χ3n) is 4.40. The van der Waals surface area contributed by atoms with Gasteiger partial charge in [0, 0.05) is 11.8 Å². The molecular formula is C20H18ClN5OS2. The monoisotopic (exact) mass is 443 g/mol. The van der Waals surface area contributed by atoms with Gasteiger partial charge in [-0.3, -0.25) is 9.20 Å². The van der Waals surface area contributed by atoms with E-state index in [4.69, 9.17) is 11.6 Å². The van der Waals surface area contributed by atoms with Gasteiger partial charge in [0.15, 0.2) is 11.5 Å². The third kappa shape index (κ3) is 4.29. The summed E-state index contributed by atoms with van der Waals surface area (Å²) in [6, 6.07) is 13.0. The first-order valence-electron chi connectivity index (χ1n) is 8.97. The first kappa shape index (κ1) is 19.9. The molecule has 6 nitrogen and oxygen atoms in total. The molecule has 0 saturated carbocycles. The van der Waals surface area contributed by atoms with Gasteiger partial charge in [-0.25, -0.2) is 4.98 Å². The topological polar surface area (TPSA) is 72.2 Å². The summed E-state index contributed by atoms with van der Waals surface area (Å²) >= 11 is 9.30. The van der Waals surface area contributed by atoms with E-state index in [2.05, 4.69) is 20.5 Å². The molecule has 1 aromatic carbocycles. The number of nitrogens with one attached hydrogen (secondary N) is 1. The lowest BCUT2D eigenvalue weighted by Gasteiger charge is -2.16. The van der Waals surface area contributed by atoms with Gasteiger partial charge < -0.3 is 5.32 Å². The molecule has 4 rings (SSSR count). The van der Waals surface area contributed by atoms with Gasteiger partial charge in [-0.15, -0.1) is 21.5 Å². The van der Waals surface area contributed by atoms with Crippen molar-refractivity contribution in [2.45, 2.75) is 12.5 Å². The number of hydrogen-bond acceptors (Lipinski definition) is 6. The van der Waals surface area contributed by atoms with E-state index in [1.165, 1.54) is 11.3 Å². The highest BCUT2D eigenvalue weighted by atomic mass is 35.5. The number of thiazole rings is 1. The summed E-state index contributed by atoms with van der Waals surface area (Å²) in [6.45, 7) is 0. The number of hydrogen-bond donors (Lipinski definition) is 1. The molecule has 1 amide bonds. The third-order valence-corrected chi connectivity index (χ3v) is 6.40. The molecule has 9 heteroatoms. The summed E-state index contributed by atoms with van der Waals surface area (Å²) < 4.78 is 1.91. The number of thioether (sulfide) groups is 1. The fraction of sp³-hybridized carbons (Fsp3) is 0.200. The van der Waals surface area contributed by atoms with E-state index in [1.807, 2.05) is 59.3 Å². The van der Waals surface area contributed by atoms with Crippen molar-refractivity contribution in [2.75, 3.05) is 12.0 Å². The molecule has 0 radical (unpaired) electrons. The Balaban J connectivity index is 1.58. The Labute approximate surface area is 181 Å². The number of nitrogens with zero attached hydrogens (tertiary/aromatic N) is 4. The average Bonchev–Trinajstić information content (AvgIpc) is 3.39. The van der Waals surface area contributed by atoms with Crippen molar-refractivity contribution < 1.29 is 4.79 Å². The number of fused-ring (bicyclic) bond motifs is 1. The zero-order valence-corrected chi connectivity index (χ0v) is 18.0. The molecule has 0 saturated heterocycles. The molecule has 148 valence electrons. The van der Waals surface area contributed by atoms with E-state index in [9.17, 15) is 4.79 Å². The predicted octanol–water partition coefficient (Wildman–Crippen LogP) is 4.73. The van der Waals surface area contributed by atoms with Crippen LogP contribution < -0.4 is 5.32 Å². The molecule has 0 aliphatic heterocycles. The number of halogens is 1. The second-order valence-electron chi connectivity index (χ2n) is 6.30. The van der Waals surface area contributed by atoms with Crippen LogP contribution in [0.4, 0.5) is 0 Å². The molecule has 29 heavy (non-hydrogen) atoms. The highest BCUT2D eigenvalue weighted by Gasteiger charge is 2.22. The minimum absolute atomic E-state index is 0.181. The lowest BCUT2D eigenvalue weighted by atomic mass is 10.2. The van der Waals surface area contributed by atoms with Crippen molar-refractivity contribution in [1.29, 1.82) is 0 Å². The van der Waals surface area contributed by atoms with Gasteiger partial charge in [-0.05, 0) is 36.6 Å². The number of carbonyl (C=O) groups excluding carboxylic acids is 1. The van der Waals surface area contributed by atoms with Crippen molar-refractivity contribution in [3.63, 3.8) is 0 Å². The van der Waals surface area contributed by atoms with Gasteiger partial charge in [-0.2, -0.15) is 11.8 Å². The van der Waals surface area contributed by atoms with Gasteiger partial charge in [0.1, 0.15) is 9.88 Å². The maximum atomic E-state index is 12.9. The van der Waals surface area contributed by atoms with Crippen LogP contribution in [0.3, 0.4) is 0 Å². The number of amides is 1. The Morgan fingerprint density at radius 3 is 2.90 bits per heavy atom. The average molecular weight is 444 g/mol. The largest absolute Gasteiger partial charge is 0.341 e. The van der Waals surface area contributed by atoms with Crippen molar-refractivity contribution in [3.8, 4) is 10.6 Å². The maximum absolute atomic E-state index is 12.9. The summed E-state index contributed by atoms with van der Waals surface area (Å²) in [5.41, 5.74) is 1.57. The molecule has 4 aromatic rings. The van der Waals surface area contributed by atoms with E-state index >= 15 is 0 Å². The lowest BCUT2D eigenvalue weighted by molar-refractivity contribution is 0.0937. The van der Waals surface area contributed by atoms with E-state index < -0.39 is 0 Å². The molecule has 0 aliphatic rings. The fourth-order valence-electron chi connectivity index (χ4n) is 2.97. The molecule has 1 unspecified atom stereocenters. The zero-order valence-electron chi connectivity index (χ0n) is 15.6. The molecule has 1 atom stereocenters. The Hall–Kier alpha value is -2.42. The predicted molar refractivity (Wildman–Crippen MR) is 119 cm³/mol. The molecule has 0 bridgehead atoms. The second kappa shape index (κ2) is 8.94. The van der Waals surface area contributed by atoms with Crippen molar-refractivity contribution in [3.05, 3.63) is 70.6 Å². The van der Waals surface area contributed by atoms with Crippen LogP contribution in [0, 0.1) is 0 Å².